The SMILES string of the molecule is Cc1ccc(C(=O)Nc2ccc(CN)cc2)c(C)n1. The first-order valence-corrected chi connectivity index (χ1v) is 6.15. The molecule has 1 aromatic carbocycles. The first-order chi connectivity index (χ1) is 9.10. The van der Waals surface area contributed by atoms with Crippen molar-refractivity contribution in [3.05, 3.63) is 58.9 Å². The predicted octanol–water partition coefficient (Wildman–Crippen LogP) is 2.41. The first-order valence-electron chi connectivity index (χ1n) is 6.15. The number of benzene rings is 1. The van der Waals surface area contributed by atoms with Gasteiger partial charge in [0.25, 0.3) is 5.91 Å². The summed E-state index contributed by atoms with van der Waals surface area (Å²) in [7, 11) is 0. The van der Waals surface area contributed by atoms with Gasteiger partial charge in [-0.25, -0.2) is 0 Å². The Balaban J connectivity index is 2.15. The van der Waals surface area contributed by atoms with E-state index in [4.69, 9.17) is 5.73 Å². The molecule has 0 aliphatic rings. The summed E-state index contributed by atoms with van der Waals surface area (Å²) in [5.74, 6) is -0.148. The lowest BCUT2D eigenvalue weighted by Crippen LogP contribution is -2.14. The lowest BCUT2D eigenvalue weighted by molar-refractivity contribution is 0.102. The van der Waals surface area contributed by atoms with Crippen molar-refractivity contribution < 1.29 is 4.79 Å². The van der Waals surface area contributed by atoms with Crippen LogP contribution < -0.4 is 11.1 Å². The zero-order valence-corrected chi connectivity index (χ0v) is 11.1. The second kappa shape index (κ2) is 5.63. The first kappa shape index (κ1) is 13.2. The fraction of sp³-hybridized carbons (Fsp3) is 0.200. The summed E-state index contributed by atoms with van der Waals surface area (Å²) in [6.07, 6.45) is 0. The number of pyridine rings is 1. The summed E-state index contributed by atoms with van der Waals surface area (Å²) in [5, 5.41) is 2.85. The van der Waals surface area contributed by atoms with Crippen LogP contribution in [-0.4, -0.2) is 10.9 Å². The van der Waals surface area contributed by atoms with E-state index in [2.05, 4.69) is 10.3 Å². The average molecular weight is 255 g/mol. The summed E-state index contributed by atoms with van der Waals surface area (Å²) < 4.78 is 0. The lowest BCUT2D eigenvalue weighted by Gasteiger charge is -2.08. The van der Waals surface area contributed by atoms with Gasteiger partial charge in [-0.15, -0.1) is 0 Å². The maximum absolute atomic E-state index is 12.1. The van der Waals surface area contributed by atoms with Crippen molar-refractivity contribution in [2.24, 2.45) is 5.73 Å². The van der Waals surface area contributed by atoms with Gasteiger partial charge in [0.1, 0.15) is 0 Å². The third-order valence-electron chi connectivity index (χ3n) is 2.92. The van der Waals surface area contributed by atoms with E-state index in [9.17, 15) is 4.79 Å². The number of aryl methyl sites for hydroxylation is 2. The third kappa shape index (κ3) is 3.17. The molecular weight excluding hydrogens is 238 g/mol. The highest BCUT2D eigenvalue weighted by Crippen LogP contribution is 2.13. The van der Waals surface area contributed by atoms with E-state index in [-0.39, 0.29) is 5.91 Å². The Morgan fingerprint density at radius 3 is 2.42 bits per heavy atom. The van der Waals surface area contributed by atoms with Gasteiger partial charge < -0.3 is 11.1 Å². The van der Waals surface area contributed by atoms with Crippen molar-refractivity contribution in [3.63, 3.8) is 0 Å². The largest absolute Gasteiger partial charge is 0.326 e. The number of carbonyl (C=O) groups excluding carboxylic acids is 1. The van der Waals surface area contributed by atoms with Crippen molar-refractivity contribution in [2.75, 3.05) is 5.32 Å². The van der Waals surface area contributed by atoms with Crippen LogP contribution in [0.3, 0.4) is 0 Å². The molecule has 0 atom stereocenters. The zero-order chi connectivity index (χ0) is 13.8. The fourth-order valence-electron chi connectivity index (χ4n) is 1.85. The molecule has 0 bridgehead atoms. The minimum atomic E-state index is -0.148. The molecule has 1 amide bonds. The number of nitrogens with two attached hydrogens (primary N) is 1. The molecule has 0 fully saturated rings. The number of carbonyl (C=O) groups is 1. The van der Waals surface area contributed by atoms with E-state index in [1.54, 1.807) is 6.07 Å². The van der Waals surface area contributed by atoms with Crippen molar-refractivity contribution >= 4 is 11.6 Å². The molecule has 1 heterocycles. The van der Waals surface area contributed by atoms with Gasteiger partial charge in [0, 0.05) is 17.9 Å². The predicted molar refractivity (Wildman–Crippen MR) is 76.0 cm³/mol. The molecule has 0 radical (unpaired) electrons. The molecule has 4 nitrogen and oxygen atoms in total. The Labute approximate surface area is 112 Å². The summed E-state index contributed by atoms with van der Waals surface area (Å²) >= 11 is 0. The van der Waals surface area contributed by atoms with Crippen LogP contribution in [0.25, 0.3) is 0 Å². The van der Waals surface area contributed by atoms with Crippen LogP contribution in [0.5, 0.6) is 0 Å². The Morgan fingerprint density at radius 1 is 1.16 bits per heavy atom. The third-order valence-corrected chi connectivity index (χ3v) is 2.92. The Kier molecular flexibility index (Phi) is 3.92. The molecule has 2 aromatic rings. The number of nitrogens with zero attached hydrogens (tertiary/aromatic N) is 1. The number of hydrogen-bond acceptors (Lipinski definition) is 3. The minimum Gasteiger partial charge on any atom is -0.326 e. The van der Waals surface area contributed by atoms with E-state index < -0.39 is 0 Å². The fourth-order valence-corrected chi connectivity index (χ4v) is 1.85. The molecular formula is C15H17N3O. The number of amides is 1. The monoisotopic (exact) mass is 255 g/mol. The molecule has 98 valence electrons. The van der Waals surface area contributed by atoms with Crippen LogP contribution in [0.4, 0.5) is 5.69 Å². The molecule has 0 saturated carbocycles. The van der Waals surface area contributed by atoms with Gasteiger partial charge in [-0.3, -0.25) is 9.78 Å². The summed E-state index contributed by atoms with van der Waals surface area (Å²) in [4.78, 5) is 16.4. The quantitative estimate of drug-likeness (QED) is 0.885. The van der Waals surface area contributed by atoms with Gasteiger partial charge in [0.15, 0.2) is 0 Å². The van der Waals surface area contributed by atoms with Gasteiger partial charge in [-0.1, -0.05) is 12.1 Å². The maximum atomic E-state index is 12.1. The smallest absolute Gasteiger partial charge is 0.257 e. The summed E-state index contributed by atoms with van der Waals surface area (Å²) in [5.41, 5.74) is 9.54. The van der Waals surface area contributed by atoms with Crippen LogP contribution in [-0.2, 0) is 6.54 Å². The second-order valence-corrected chi connectivity index (χ2v) is 4.44. The van der Waals surface area contributed by atoms with Crippen molar-refractivity contribution in [3.8, 4) is 0 Å². The van der Waals surface area contributed by atoms with Crippen LogP contribution in [0.2, 0.25) is 0 Å². The van der Waals surface area contributed by atoms with Crippen molar-refractivity contribution in [1.29, 1.82) is 0 Å². The molecule has 0 aliphatic carbocycles. The number of hydrogen-bond donors (Lipinski definition) is 2. The van der Waals surface area contributed by atoms with Crippen LogP contribution in [0, 0.1) is 13.8 Å². The van der Waals surface area contributed by atoms with Gasteiger partial charge >= 0.3 is 0 Å². The van der Waals surface area contributed by atoms with Gasteiger partial charge in [-0.2, -0.15) is 0 Å². The Bertz CT molecular complexity index is 591. The average Bonchev–Trinajstić information content (AvgIpc) is 2.39. The van der Waals surface area contributed by atoms with E-state index in [0.717, 1.165) is 22.6 Å². The highest BCUT2D eigenvalue weighted by molar-refractivity contribution is 6.04. The second-order valence-electron chi connectivity index (χ2n) is 4.44. The van der Waals surface area contributed by atoms with E-state index in [0.29, 0.717) is 12.1 Å². The van der Waals surface area contributed by atoms with Crippen LogP contribution in [0.1, 0.15) is 27.3 Å². The summed E-state index contributed by atoms with van der Waals surface area (Å²) in [6.45, 7) is 4.23. The maximum Gasteiger partial charge on any atom is 0.257 e. The molecule has 0 saturated heterocycles. The Morgan fingerprint density at radius 2 is 1.84 bits per heavy atom. The molecule has 2 rings (SSSR count). The number of aromatic nitrogens is 1. The van der Waals surface area contributed by atoms with E-state index in [1.807, 2.05) is 44.2 Å². The normalized spacial score (nSPS) is 10.3. The van der Waals surface area contributed by atoms with Crippen LogP contribution in [0.15, 0.2) is 36.4 Å². The molecule has 3 N–H and O–H groups in total. The highest BCUT2D eigenvalue weighted by atomic mass is 16.1. The van der Waals surface area contributed by atoms with E-state index >= 15 is 0 Å². The zero-order valence-electron chi connectivity index (χ0n) is 11.1. The van der Waals surface area contributed by atoms with Gasteiger partial charge in [0.05, 0.1) is 11.3 Å². The lowest BCUT2D eigenvalue weighted by atomic mass is 10.1. The van der Waals surface area contributed by atoms with Crippen molar-refractivity contribution in [1.82, 2.24) is 4.98 Å². The van der Waals surface area contributed by atoms with Gasteiger partial charge in [-0.05, 0) is 43.7 Å². The molecule has 4 heteroatoms. The number of rotatable bonds is 3. The summed E-state index contributed by atoms with van der Waals surface area (Å²) in [6, 6.07) is 11.1. The highest BCUT2D eigenvalue weighted by Gasteiger charge is 2.10. The van der Waals surface area contributed by atoms with Crippen molar-refractivity contribution in [2.45, 2.75) is 20.4 Å². The minimum absolute atomic E-state index is 0.148. The Hall–Kier alpha value is -2.20. The molecule has 0 unspecified atom stereocenters. The number of nitrogens with one attached hydrogen (secondary N) is 1. The molecule has 1 aromatic heterocycles. The standard InChI is InChI=1S/C15H17N3O/c1-10-3-8-14(11(2)17-10)15(19)18-13-6-4-12(9-16)5-7-13/h3-8H,9,16H2,1-2H3,(H,18,19). The molecule has 0 spiro atoms. The van der Waals surface area contributed by atoms with Gasteiger partial charge in [0.2, 0.25) is 0 Å². The van der Waals surface area contributed by atoms with E-state index in [1.165, 1.54) is 0 Å². The molecule has 19 heavy (non-hydrogen) atoms. The van der Waals surface area contributed by atoms with Crippen LogP contribution >= 0.6 is 0 Å². The number of anilines is 1. The molecule has 0 aliphatic heterocycles. The topological polar surface area (TPSA) is 68.0 Å².